The van der Waals surface area contributed by atoms with Crippen molar-refractivity contribution in [1.82, 2.24) is 4.90 Å². The molecule has 2 aliphatic rings. The molecule has 0 aromatic heterocycles. The van der Waals surface area contributed by atoms with Gasteiger partial charge in [-0.05, 0) is 60.9 Å². The molecule has 0 radical (unpaired) electrons. The maximum atomic E-state index is 12.8. The van der Waals surface area contributed by atoms with E-state index in [-0.39, 0.29) is 11.7 Å². The van der Waals surface area contributed by atoms with Gasteiger partial charge in [0.05, 0.1) is 5.69 Å². The van der Waals surface area contributed by atoms with E-state index in [1.807, 2.05) is 47.4 Å². The Morgan fingerprint density at radius 1 is 0.968 bits per heavy atom. The van der Waals surface area contributed by atoms with E-state index >= 15 is 0 Å². The molecule has 2 aliphatic heterocycles. The minimum absolute atomic E-state index is 0.0977. The van der Waals surface area contributed by atoms with Crippen LogP contribution in [0.25, 0.3) is 0 Å². The van der Waals surface area contributed by atoms with E-state index in [4.69, 9.17) is 0 Å². The first-order chi connectivity index (χ1) is 15.0. The van der Waals surface area contributed by atoms with Gasteiger partial charge in [-0.15, -0.1) is 0 Å². The number of hydrogen-bond donors (Lipinski definition) is 1. The number of nitrogens with zero attached hydrogens (tertiary/aromatic N) is 2. The van der Waals surface area contributed by atoms with Crippen molar-refractivity contribution in [3.05, 3.63) is 64.7 Å². The standard InChI is InChI=1S/C25H28N2O4/c28-22(21-16-19-9-10-23(29)27-15-12-20(17-21)24(19)27)8-4-5-13-26(25(30)31)14-11-18-6-2-1-3-7-18/h1-3,6-7,16-17H,4-5,8-15H2,(H,30,31). The molecule has 2 amide bonds. The minimum atomic E-state index is -0.918. The summed E-state index contributed by atoms with van der Waals surface area (Å²) in [5, 5.41) is 9.46. The lowest BCUT2D eigenvalue weighted by atomic mass is 9.94. The van der Waals surface area contributed by atoms with Crippen molar-refractivity contribution in [3.63, 3.8) is 0 Å². The third-order valence-corrected chi connectivity index (χ3v) is 6.24. The third-order valence-electron chi connectivity index (χ3n) is 6.24. The summed E-state index contributed by atoms with van der Waals surface area (Å²) in [5.41, 5.74) is 5.08. The molecule has 2 heterocycles. The second-order valence-corrected chi connectivity index (χ2v) is 8.32. The van der Waals surface area contributed by atoms with E-state index in [0.717, 1.165) is 34.4 Å². The van der Waals surface area contributed by atoms with Crippen molar-refractivity contribution in [2.45, 2.75) is 44.9 Å². The predicted octanol–water partition coefficient (Wildman–Crippen LogP) is 4.10. The summed E-state index contributed by atoms with van der Waals surface area (Å²) in [4.78, 5) is 39.6. The highest BCUT2D eigenvalue weighted by Gasteiger charge is 2.31. The molecule has 0 unspecified atom stereocenters. The van der Waals surface area contributed by atoms with Crippen molar-refractivity contribution in [2.75, 3.05) is 24.5 Å². The maximum Gasteiger partial charge on any atom is 0.407 e. The molecule has 0 spiro atoms. The summed E-state index contributed by atoms with van der Waals surface area (Å²) in [6, 6.07) is 13.7. The highest BCUT2D eigenvalue weighted by atomic mass is 16.4. The number of benzene rings is 2. The molecule has 6 heteroatoms. The molecule has 0 atom stereocenters. The summed E-state index contributed by atoms with van der Waals surface area (Å²) < 4.78 is 0. The average Bonchev–Trinajstić information content (AvgIpc) is 3.21. The van der Waals surface area contributed by atoms with Crippen LogP contribution < -0.4 is 4.90 Å². The Kier molecular flexibility index (Phi) is 6.35. The first kappa shape index (κ1) is 21.1. The molecule has 0 saturated heterocycles. The number of aryl methyl sites for hydroxylation is 1. The lowest BCUT2D eigenvalue weighted by molar-refractivity contribution is -0.118. The van der Waals surface area contributed by atoms with Gasteiger partial charge in [0.2, 0.25) is 5.91 Å². The fraction of sp³-hybridized carbons (Fsp3) is 0.400. The smallest absolute Gasteiger partial charge is 0.407 e. The van der Waals surface area contributed by atoms with Crippen molar-refractivity contribution in [1.29, 1.82) is 0 Å². The molecule has 0 saturated carbocycles. The molecule has 6 nitrogen and oxygen atoms in total. The number of rotatable bonds is 9. The van der Waals surface area contributed by atoms with Gasteiger partial charge in [0.1, 0.15) is 0 Å². The van der Waals surface area contributed by atoms with Gasteiger partial charge in [0.15, 0.2) is 5.78 Å². The van der Waals surface area contributed by atoms with Gasteiger partial charge in [-0.1, -0.05) is 30.3 Å². The molecule has 31 heavy (non-hydrogen) atoms. The zero-order chi connectivity index (χ0) is 21.8. The third kappa shape index (κ3) is 4.79. The quantitative estimate of drug-likeness (QED) is 0.489. The summed E-state index contributed by atoms with van der Waals surface area (Å²) in [6.45, 7) is 1.60. The molecule has 2 aromatic rings. The van der Waals surface area contributed by atoms with E-state index in [0.29, 0.717) is 58.2 Å². The van der Waals surface area contributed by atoms with Crippen LogP contribution in [-0.2, 0) is 24.1 Å². The number of ketones is 1. The average molecular weight is 421 g/mol. The maximum absolute atomic E-state index is 12.8. The summed E-state index contributed by atoms with van der Waals surface area (Å²) >= 11 is 0. The molecule has 4 rings (SSSR count). The second-order valence-electron chi connectivity index (χ2n) is 8.32. The Labute approximate surface area is 182 Å². The van der Waals surface area contributed by atoms with Crippen LogP contribution in [0.15, 0.2) is 42.5 Å². The van der Waals surface area contributed by atoms with Gasteiger partial charge >= 0.3 is 6.09 Å². The lowest BCUT2D eigenvalue weighted by Gasteiger charge is -2.25. The minimum Gasteiger partial charge on any atom is -0.465 e. The Balaban J connectivity index is 1.28. The van der Waals surface area contributed by atoms with E-state index in [1.165, 1.54) is 4.90 Å². The molecular weight excluding hydrogens is 392 g/mol. The number of amides is 2. The van der Waals surface area contributed by atoms with Crippen LogP contribution in [0.5, 0.6) is 0 Å². The van der Waals surface area contributed by atoms with Crippen molar-refractivity contribution in [2.24, 2.45) is 0 Å². The second kappa shape index (κ2) is 9.33. The molecule has 0 aliphatic carbocycles. The highest BCUT2D eigenvalue weighted by molar-refractivity contribution is 6.02. The first-order valence-corrected chi connectivity index (χ1v) is 11.0. The number of unbranched alkanes of at least 4 members (excludes halogenated alkanes) is 1. The fourth-order valence-electron chi connectivity index (χ4n) is 4.56. The van der Waals surface area contributed by atoms with E-state index in [1.54, 1.807) is 0 Å². The molecule has 0 bridgehead atoms. The van der Waals surface area contributed by atoms with E-state index < -0.39 is 6.09 Å². The molecular formula is C25H28N2O4. The molecule has 162 valence electrons. The van der Waals surface area contributed by atoms with Crippen LogP contribution in [0.3, 0.4) is 0 Å². The predicted molar refractivity (Wildman–Crippen MR) is 119 cm³/mol. The molecule has 1 N–H and O–H groups in total. The largest absolute Gasteiger partial charge is 0.465 e. The summed E-state index contributed by atoms with van der Waals surface area (Å²) in [7, 11) is 0. The number of anilines is 1. The Bertz CT molecular complexity index is 987. The molecule has 2 aromatic carbocycles. The SMILES string of the molecule is O=C(CCCCN(CCc1ccccc1)C(=O)O)c1cc2c3c(c1)CCN3C(=O)CC2. The van der Waals surface area contributed by atoms with Gasteiger partial charge in [-0.25, -0.2) is 4.79 Å². The normalized spacial score (nSPS) is 14.5. The number of Topliss-reactive ketones (excluding diaryl/α,β-unsaturated/α-hetero) is 1. The Morgan fingerprint density at radius 3 is 2.45 bits per heavy atom. The lowest BCUT2D eigenvalue weighted by Crippen LogP contribution is -2.33. The van der Waals surface area contributed by atoms with Crippen LogP contribution in [0.4, 0.5) is 10.5 Å². The number of carboxylic acid groups (broad SMARTS) is 1. The van der Waals surface area contributed by atoms with Crippen LogP contribution in [0.2, 0.25) is 0 Å². The zero-order valence-corrected chi connectivity index (χ0v) is 17.7. The van der Waals surface area contributed by atoms with Crippen molar-refractivity contribution < 1.29 is 19.5 Å². The Morgan fingerprint density at radius 2 is 1.71 bits per heavy atom. The molecule has 0 fully saturated rings. The number of hydrogen-bond acceptors (Lipinski definition) is 3. The Hall–Kier alpha value is -3.15. The summed E-state index contributed by atoms with van der Waals surface area (Å²) in [6.07, 6.45) is 3.52. The van der Waals surface area contributed by atoms with Crippen molar-refractivity contribution in [3.8, 4) is 0 Å². The van der Waals surface area contributed by atoms with Gasteiger partial charge in [0.25, 0.3) is 0 Å². The van der Waals surface area contributed by atoms with E-state index in [9.17, 15) is 19.5 Å². The van der Waals surface area contributed by atoms with Crippen LogP contribution in [0.1, 0.15) is 52.7 Å². The summed E-state index contributed by atoms with van der Waals surface area (Å²) in [5.74, 6) is 0.279. The van der Waals surface area contributed by atoms with Gasteiger partial charge < -0.3 is 14.9 Å². The van der Waals surface area contributed by atoms with Gasteiger partial charge in [-0.3, -0.25) is 9.59 Å². The highest BCUT2D eigenvalue weighted by Crippen LogP contribution is 2.37. The topological polar surface area (TPSA) is 77.9 Å². The number of carbonyl (C=O) groups is 3. The fourth-order valence-corrected chi connectivity index (χ4v) is 4.56. The van der Waals surface area contributed by atoms with Gasteiger partial charge in [0, 0.05) is 38.0 Å². The van der Waals surface area contributed by atoms with Crippen LogP contribution in [0, 0.1) is 0 Å². The monoisotopic (exact) mass is 420 g/mol. The van der Waals surface area contributed by atoms with Crippen LogP contribution in [-0.4, -0.2) is 47.4 Å². The van der Waals surface area contributed by atoms with E-state index in [2.05, 4.69) is 0 Å². The number of carbonyl (C=O) groups excluding carboxylic acids is 2. The van der Waals surface area contributed by atoms with Crippen LogP contribution >= 0.6 is 0 Å². The zero-order valence-electron chi connectivity index (χ0n) is 17.7. The first-order valence-electron chi connectivity index (χ1n) is 11.0. The van der Waals surface area contributed by atoms with Gasteiger partial charge in [-0.2, -0.15) is 0 Å². The van der Waals surface area contributed by atoms with Crippen molar-refractivity contribution >= 4 is 23.5 Å².